The van der Waals surface area contributed by atoms with Crippen LogP contribution in [0.1, 0.15) is 6.42 Å². The van der Waals surface area contributed by atoms with Gasteiger partial charge in [0.15, 0.2) is 0 Å². The van der Waals surface area contributed by atoms with Gasteiger partial charge in [0.05, 0.1) is 5.69 Å². The van der Waals surface area contributed by atoms with Gasteiger partial charge in [0.1, 0.15) is 0 Å². The summed E-state index contributed by atoms with van der Waals surface area (Å²) in [5.41, 5.74) is 0.893. The number of carbonyl (C=O) groups is 1. The van der Waals surface area contributed by atoms with E-state index >= 15 is 0 Å². The van der Waals surface area contributed by atoms with Crippen molar-refractivity contribution < 1.29 is 4.79 Å². The van der Waals surface area contributed by atoms with E-state index in [2.05, 4.69) is 35.2 Å². The van der Waals surface area contributed by atoms with Crippen LogP contribution in [0.4, 0.5) is 5.69 Å². The molecule has 0 aliphatic carbocycles. The monoisotopic (exact) mass is 353 g/mol. The summed E-state index contributed by atoms with van der Waals surface area (Å²) in [5.74, 6) is 0.121. The fraction of sp³-hybridized carbons (Fsp3) is 0.300. The summed E-state index contributed by atoms with van der Waals surface area (Å²) in [6.45, 7) is 0.665. The minimum atomic E-state index is 0.121. The third kappa shape index (κ3) is 2.42. The highest BCUT2D eigenvalue weighted by Gasteiger charge is 2.29. The van der Waals surface area contributed by atoms with Crippen LogP contribution in [0.5, 0.6) is 0 Å². The summed E-state index contributed by atoms with van der Waals surface area (Å²) in [7, 11) is 0. The lowest BCUT2D eigenvalue weighted by Gasteiger charge is -2.17. The van der Waals surface area contributed by atoms with Crippen LogP contribution in [0, 0.1) is 3.57 Å². The van der Waals surface area contributed by atoms with Crippen molar-refractivity contribution in [2.24, 2.45) is 0 Å². The van der Waals surface area contributed by atoms with Crippen LogP contribution in [0.3, 0.4) is 0 Å². The Balaban J connectivity index is 2.37. The number of halogens is 2. The van der Waals surface area contributed by atoms with Gasteiger partial charge in [-0.15, -0.1) is 0 Å². The second kappa shape index (κ2) is 4.51. The molecule has 1 atom stereocenters. The zero-order chi connectivity index (χ0) is 11.0. The van der Waals surface area contributed by atoms with E-state index in [4.69, 9.17) is 11.6 Å². The molecule has 80 valence electrons. The molecule has 5 heteroatoms. The number of anilines is 1. The predicted molar refractivity (Wildman–Crippen MR) is 73.9 cm³/mol. The molecule has 1 heterocycles. The molecule has 1 aliphatic rings. The second-order valence-electron chi connectivity index (χ2n) is 3.46. The van der Waals surface area contributed by atoms with Crippen LogP contribution in [0.15, 0.2) is 18.2 Å². The highest BCUT2D eigenvalue weighted by molar-refractivity contribution is 14.1. The first-order chi connectivity index (χ1) is 7.08. The third-order valence-corrected chi connectivity index (χ3v) is 3.80. The lowest BCUT2D eigenvalue weighted by Crippen LogP contribution is -2.25. The summed E-state index contributed by atoms with van der Waals surface area (Å²) in [6.07, 6.45) is 0.506. The van der Waals surface area contributed by atoms with Crippen LogP contribution in [-0.2, 0) is 4.79 Å². The first kappa shape index (κ1) is 11.5. The highest BCUT2D eigenvalue weighted by atomic mass is 127. The molecule has 0 bridgehead atoms. The quantitative estimate of drug-likeness (QED) is 0.608. The molecule has 1 aromatic carbocycles. The lowest BCUT2D eigenvalue weighted by molar-refractivity contribution is -0.117. The van der Waals surface area contributed by atoms with E-state index in [0.29, 0.717) is 18.0 Å². The summed E-state index contributed by atoms with van der Waals surface area (Å²) >= 11 is 12.4. The smallest absolute Gasteiger partial charge is 0.228 e. The van der Waals surface area contributed by atoms with Gasteiger partial charge in [-0.3, -0.25) is 4.79 Å². The number of hydrogen-bond acceptors (Lipinski definition) is 2. The van der Waals surface area contributed by atoms with Crippen LogP contribution < -0.4 is 4.90 Å². The standard InChI is InChI=1S/C10H9ClINOS/c11-6-1-2-8(12)9(3-6)13-5-7(15)4-10(13)14/h1-3,7,15H,4-5H2. The van der Waals surface area contributed by atoms with E-state index in [1.54, 1.807) is 4.90 Å². The molecule has 2 nitrogen and oxygen atoms in total. The average molecular weight is 354 g/mol. The number of carbonyl (C=O) groups excluding carboxylic acids is 1. The Morgan fingerprint density at radius 1 is 1.53 bits per heavy atom. The van der Waals surface area contributed by atoms with Gasteiger partial charge in [0, 0.05) is 26.8 Å². The van der Waals surface area contributed by atoms with Gasteiger partial charge in [0.25, 0.3) is 0 Å². The molecule has 2 rings (SSSR count). The Morgan fingerprint density at radius 2 is 2.27 bits per heavy atom. The Bertz CT molecular complexity index is 412. The Morgan fingerprint density at radius 3 is 2.87 bits per heavy atom. The summed E-state index contributed by atoms with van der Waals surface area (Å²) in [6, 6.07) is 5.57. The van der Waals surface area contributed by atoms with Gasteiger partial charge < -0.3 is 4.90 Å². The second-order valence-corrected chi connectivity index (χ2v) is 5.79. The van der Waals surface area contributed by atoms with Gasteiger partial charge in [-0.25, -0.2) is 0 Å². The fourth-order valence-electron chi connectivity index (χ4n) is 1.61. The van der Waals surface area contributed by atoms with Gasteiger partial charge in [-0.1, -0.05) is 11.6 Å². The van der Waals surface area contributed by atoms with Crippen molar-refractivity contribution in [2.45, 2.75) is 11.7 Å². The fourth-order valence-corrected chi connectivity index (χ4v) is 2.73. The zero-order valence-corrected chi connectivity index (χ0v) is 11.6. The van der Waals surface area contributed by atoms with Gasteiger partial charge in [0.2, 0.25) is 5.91 Å². The Labute approximate surface area is 113 Å². The number of amides is 1. The molecule has 1 aromatic rings. The van der Waals surface area contributed by atoms with E-state index < -0.39 is 0 Å². The normalized spacial score (nSPS) is 21.1. The maximum absolute atomic E-state index is 11.7. The molecule has 0 radical (unpaired) electrons. The zero-order valence-electron chi connectivity index (χ0n) is 7.78. The molecule has 15 heavy (non-hydrogen) atoms. The van der Waals surface area contributed by atoms with Crippen molar-refractivity contribution in [3.05, 3.63) is 26.8 Å². The highest BCUT2D eigenvalue weighted by Crippen LogP contribution is 2.30. The molecular weight excluding hydrogens is 345 g/mol. The first-order valence-corrected chi connectivity index (χ1v) is 6.48. The lowest BCUT2D eigenvalue weighted by atomic mass is 10.3. The van der Waals surface area contributed by atoms with E-state index in [9.17, 15) is 4.79 Å². The third-order valence-electron chi connectivity index (χ3n) is 2.30. The molecule has 1 aliphatic heterocycles. The minimum Gasteiger partial charge on any atom is -0.310 e. The predicted octanol–water partition coefficient (Wildman–Crippen LogP) is 2.98. The van der Waals surface area contributed by atoms with Crippen molar-refractivity contribution in [2.75, 3.05) is 11.4 Å². The van der Waals surface area contributed by atoms with Crippen LogP contribution >= 0.6 is 46.8 Å². The molecule has 0 aromatic heterocycles. The van der Waals surface area contributed by atoms with Gasteiger partial charge >= 0.3 is 0 Å². The van der Waals surface area contributed by atoms with E-state index in [1.165, 1.54) is 0 Å². The molecule has 1 fully saturated rings. The average Bonchev–Trinajstić information content (AvgIpc) is 2.50. The van der Waals surface area contributed by atoms with Gasteiger partial charge in [-0.05, 0) is 40.8 Å². The summed E-state index contributed by atoms with van der Waals surface area (Å²) < 4.78 is 1.03. The van der Waals surface area contributed by atoms with Crippen molar-refractivity contribution in [1.29, 1.82) is 0 Å². The van der Waals surface area contributed by atoms with Crippen molar-refractivity contribution in [3.8, 4) is 0 Å². The van der Waals surface area contributed by atoms with Crippen molar-refractivity contribution in [1.82, 2.24) is 0 Å². The molecule has 1 saturated heterocycles. The van der Waals surface area contributed by atoms with E-state index in [0.717, 1.165) is 9.26 Å². The van der Waals surface area contributed by atoms with E-state index in [1.807, 2.05) is 18.2 Å². The van der Waals surface area contributed by atoms with Crippen LogP contribution in [0.25, 0.3) is 0 Å². The van der Waals surface area contributed by atoms with Crippen LogP contribution in [0.2, 0.25) is 5.02 Å². The SMILES string of the molecule is O=C1CC(S)CN1c1cc(Cl)ccc1I. The molecular formula is C10H9ClINOS. The number of hydrogen-bond donors (Lipinski definition) is 1. The Hall–Kier alpha value is 0.0600. The molecule has 1 unspecified atom stereocenters. The maximum Gasteiger partial charge on any atom is 0.228 e. The summed E-state index contributed by atoms with van der Waals surface area (Å²) in [5, 5.41) is 0.785. The number of nitrogens with zero attached hydrogens (tertiary/aromatic N) is 1. The number of rotatable bonds is 1. The van der Waals surface area contributed by atoms with Crippen molar-refractivity contribution >= 4 is 58.4 Å². The first-order valence-electron chi connectivity index (χ1n) is 4.51. The number of benzene rings is 1. The van der Waals surface area contributed by atoms with E-state index in [-0.39, 0.29) is 11.2 Å². The molecule has 0 N–H and O–H groups in total. The summed E-state index contributed by atoms with van der Waals surface area (Å²) in [4.78, 5) is 13.4. The Kier molecular flexibility index (Phi) is 3.47. The molecule has 0 spiro atoms. The minimum absolute atomic E-state index is 0.121. The van der Waals surface area contributed by atoms with Crippen LogP contribution in [-0.4, -0.2) is 17.7 Å². The number of thiol groups is 1. The topological polar surface area (TPSA) is 20.3 Å². The van der Waals surface area contributed by atoms with Crippen molar-refractivity contribution in [3.63, 3.8) is 0 Å². The molecule has 0 saturated carbocycles. The largest absolute Gasteiger partial charge is 0.310 e. The maximum atomic E-state index is 11.7. The van der Waals surface area contributed by atoms with Gasteiger partial charge in [-0.2, -0.15) is 12.6 Å². The molecule has 1 amide bonds.